The lowest BCUT2D eigenvalue weighted by molar-refractivity contribution is 0.0523. The summed E-state index contributed by atoms with van der Waals surface area (Å²) in [6.45, 7) is 12.3. The van der Waals surface area contributed by atoms with Crippen molar-refractivity contribution in [2.24, 2.45) is 0 Å². The lowest BCUT2D eigenvalue weighted by atomic mass is 10.0. The van der Waals surface area contributed by atoms with E-state index in [1.165, 1.54) is 4.52 Å². The predicted octanol–water partition coefficient (Wildman–Crippen LogP) is 5.67. The smallest absolute Gasteiger partial charge is 0.407 e. The van der Waals surface area contributed by atoms with Gasteiger partial charge in [-0.05, 0) is 77.3 Å². The molecule has 2 amide bonds. The molecular weight excluding hydrogens is 530 g/mol. The van der Waals surface area contributed by atoms with E-state index < -0.39 is 17.7 Å². The van der Waals surface area contributed by atoms with Crippen LogP contribution in [0.5, 0.6) is 0 Å². The number of carbonyl (C=O) groups excluding carboxylic acids is 2. The molecule has 0 fully saturated rings. The summed E-state index contributed by atoms with van der Waals surface area (Å²) in [6.07, 6.45) is 0.586. The highest BCUT2D eigenvalue weighted by Gasteiger charge is 2.28. The quantitative estimate of drug-likeness (QED) is 0.247. The number of ether oxygens (including phenoxy) is 1. The zero-order chi connectivity index (χ0) is 30.4. The van der Waals surface area contributed by atoms with Gasteiger partial charge in [-0.2, -0.15) is 9.61 Å². The number of fused-ring (bicyclic) bond motifs is 1. The second-order valence-electron chi connectivity index (χ2n) is 11.6. The minimum absolute atomic E-state index is 0.133. The summed E-state index contributed by atoms with van der Waals surface area (Å²) in [6, 6.07) is 20.7. The average Bonchev–Trinajstić information content (AvgIpc) is 3.32. The Balaban J connectivity index is 1.74. The van der Waals surface area contributed by atoms with E-state index in [1.807, 2.05) is 113 Å². The molecule has 0 unspecified atom stereocenters. The largest absolute Gasteiger partial charge is 0.444 e. The summed E-state index contributed by atoms with van der Waals surface area (Å²) in [4.78, 5) is 42.0. The molecule has 2 heterocycles. The summed E-state index contributed by atoms with van der Waals surface area (Å²) in [5.41, 5.74) is 3.83. The average molecular weight is 572 g/mol. The normalized spacial score (nSPS) is 12.2. The van der Waals surface area contributed by atoms with Gasteiger partial charge >= 0.3 is 11.8 Å². The number of benzene rings is 2. The molecular formula is C33H41N5O4. The van der Waals surface area contributed by atoms with E-state index in [0.717, 1.165) is 22.5 Å². The number of aryl methyl sites for hydroxylation is 2. The summed E-state index contributed by atoms with van der Waals surface area (Å²) in [7, 11) is 0. The zero-order valence-electron chi connectivity index (χ0n) is 25.4. The molecule has 1 atom stereocenters. The van der Waals surface area contributed by atoms with Gasteiger partial charge in [0, 0.05) is 24.3 Å². The summed E-state index contributed by atoms with van der Waals surface area (Å²) < 4.78 is 8.51. The Bertz CT molecular complexity index is 1600. The minimum Gasteiger partial charge on any atom is -0.444 e. The maximum absolute atomic E-state index is 14.1. The van der Waals surface area contributed by atoms with Crippen LogP contribution in [-0.4, -0.2) is 49.8 Å². The molecule has 0 bridgehead atoms. The molecule has 0 aliphatic carbocycles. The third-order valence-electron chi connectivity index (χ3n) is 6.94. The van der Waals surface area contributed by atoms with Crippen molar-refractivity contribution in [1.82, 2.24) is 24.4 Å². The Hall–Kier alpha value is -4.40. The van der Waals surface area contributed by atoms with Crippen LogP contribution in [0.15, 0.2) is 71.5 Å². The first-order chi connectivity index (χ1) is 20.0. The van der Waals surface area contributed by atoms with Crippen LogP contribution in [0.25, 0.3) is 5.52 Å². The van der Waals surface area contributed by atoms with Crippen LogP contribution in [0, 0.1) is 13.8 Å². The first kappa shape index (κ1) is 30.6. The van der Waals surface area contributed by atoms with E-state index in [-0.39, 0.29) is 11.6 Å². The molecule has 4 aromatic rings. The van der Waals surface area contributed by atoms with Crippen molar-refractivity contribution in [1.29, 1.82) is 0 Å². The van der Waals surface area contributed by atoms with Gasteiger partial charge in [-0.15, -0.1) is 0 Å². The molecule has 222 valence electrons. The van der Waals surface area contributed by atoms with Crippen molar-refractivity contribution in [3.05, 3.63) is 105 Å². The molecule has 0 aliphatic rings. The molecule has 0 saturated carbocycles. The van der Waals surface area contributed by atoms with Gasteiger partial charge in [-0.1, -0.05) is 55.0 Å². The molecule has 0 aliphatic heterocycles. The second kappa shape index (κ2) is 13.1. The number of hydrogen-bond donors (Lipinski definition) is 1. The van der Waals surface area contributed by atoms with Crippen molar-refractivity contribution >= 4 is 17.5 Å². The maximum atomic E-state index is 14.1. The van der Waals surface area contributed by atoms with Crippen LogP contribution >= 0.6 is 0 Å². The van der Waals surface area contributed by atoms with Gasteiger partial charge in [0.05, 0.1) is 23.8 Å². The molecule has 0 saturated heterocycles. The summed E-state index contributed by atoms with van der Waals surface area (Å²) in [5.74, 6) is -0.133. The fraction of sp³-hybridized carbons (Fsp3) is 0.394. The van der Waals surface area contributed by atoms with Crippen molar-refractivity contribution in [3.8, 4) is 0 Å². The van der Waals surface area contributed by atoms with Gasteiger partial charge in [0.1, 0.15) is 5.60 Å². The van der Waals surface area contributed by atoms with Gasteiger partial charge in [0.25, 0.3) is 5.91 Å². The number of nitrogens with zero attached hydrogens (tertiary/aromatic N) is 4. The highest BCUT2D eigenvalue weighted by Crippen LogP contribution is 2.28. The maximum Gasteiger partial charge on any atom is 0.407 e. The monoisotopic (exact) mass is 571 g/mol. The third kappa shape index (κ3) is 7.46. The standard InChI is InChI=1S/C33H41N5O4/c1-7-28(29-21-27-20-24(3)35-38(27)32(41)37(29)22-25-14-9-8-10-15-25)36(30(39)26-16-11-13-23(2)19-26)18-12-17-34-31(40)42-33(4,5)6/h8-11,13-16,19-21,28H,7,12,17-18,22H2,1-6H3,(H,34,40)/t28-/m1/s1. The number of nitrogens with one attached hydrogen (secondary N) is 1. The lowest BCUT2D eigenvalue weighted by Crippen LogP contribution is -2.41. The number of amides is 2. The summed E-state index contributed by atoms with van der Waals surface area (Å²) in [5, 5.41) is 7.22. The molecule has 4 rings (SSSR count). The van der Waals surface area contributed by atoms with Gasteiger partial charge in [0.2, 0.25) is 0 Å². The Kier molecular flexibility index (Phi) is 9.50. The van der Waals surface area contributed by atoms with E-state index in [9.17, 15) is 14.4 Å². The van der Waals surface area contributed by atoms with Gasteiger partial charge in [0.15, 0.2) is 0 Å². The van der Waals surface area contributed by atoms with Crippen LogP contribution < -0.4 is 11.0 Å². The number of rotatable bonds is 10. The van der Waals surface area contributed by atoms with Crippen LogP contribution in [0.3, 0.4) is 0 Å². The van der Waals surface area contributed by atoms with E-state index in [1.54, 1.807) is 4.57 Å². The molecule has 9 nitrogen and oxygen atoms in total. The Morgan fingerprint density at radius 2 is 1.76 bits per heavy atom. The second-order valence-corrected chi connectivity index (χ2v) is 11.6. The van der Waals surface area contributed by atoms with Gasteiger partial charge in [-0.3, -0.25) is 9.36 Å². The number of aromatic nitrogens is 3. The van der Waals surface area contributed by atoms with E-state index >= 15 is 0 Å². The van der Waals surface area contributed by atoms with Crippen LogP contribution in [0.1, 0.15) is 79.5 Å². The topological polar surface area (TPSA) is 97.9 Å². The zero-order valence-corrected chi connectivity index (χ0v) is 25.4. The summed E-state index contributed by atoms with van der Waals surface area (Å²) >= 11 is 0. The SMILES string of the molecule is CC[C@H](c1cc2cc(C)nn2c(=O)n1Cc1ccccc1)N(CCCNC(=O)OC(C)(C)C)C(=O)c1cccc(C)c1. The number of carbonyl (C=O) groups is 2. The predicted molar refractivity (Wildman–Crippen MR) is 164 cm³/mol. The fourth-order valence-electron chi connectivity index (χ4n) is 5.12. The number of hydrogen-bond acceptors (Lipinski definition) is 5. The molecule has 2 aromatic heterocycles. The Morgan fingerprint density at radius 3 is 2.43 bits per heavy atom. The molecule has 0 radical (unpaired) electrons. The van der Waals surface area contributed by atoms with Crippen LogP contribution in [0.4, 0.5) is 4.79 Å². The highest BCUT2D eigenvalue weighted by atomic mass is 16.6. The third-order valence-corrected chi connectivity index (χ3v) is 6.94. The van der Waals surface area contributed by atoms with Crippen LogP contribution in [0.2, 0.25) is 0 Å². The van der Waals surface area contributed by atoms with Crippen LogP contribution in [-0.2, 0) is 11.3 Å². The number of alkyl carbamates (subject to hydrolysis) is 1. The lowest BCUT2D eigenvalue weighted by Gasteiger charge is -2.33. The highest BCUT2D eigenvalue weighted by molar-refractivity contribution is 5.94. The van der Waals surface area contributed by atoms with Crippen molar-refractivity contribution in [2.45, 2.75) is 72.6 Å². The molecule has 1 N–H and O–H groups in total. The van der Waals surface area contributed by atoms with Crippen molar-refractivity contribution < 1.29 is 14.3 Å². The Labute approximate surface area is 247 Å². The van der Waals surface area contributed by atoms with E-state index in [2.05, 4.69) is 10.4 Å². The fourth-order valence-corrected chi connectivity index (χ4v) is 5.12. The van der Waals surface area contributed by atoms with Crippen molar-refractivity contribution in [2.75, 3.05) is 13.1 Å². The van der Waals surface area contributed by atoms with E-state index in [4.69, 9.17) is 4.74 Å². The molecule has 2 aromatic carbocycles. The molecule has 0 spiro atoms. The Morgan fingerprint density at radius 1 is 1.02 bits per heavy atom. The van der Waals surface area contributed by atoms with Crippen molar-refractivity contribution in [3.63, 3.8) is 0 Å². The van der Waals surface area contributed by atoms with E-state index in [0.29, 0.717) is 43.6 Å². The van der Waals surface area contributed by atoms with Gasteiger partial charge < -0.3 is 15.0 Å². The molecule has 9 heteroatoms. The first-order valence-corrected chi connectivity index (χ1v) is 14.5. The van der Waals surface area contributed by atoms with Gasteiger partial charge in [-0.25, -0.2) is 9.59 Å². The molecule has 42 heavy (non-hydrogen) atoms. The minimum atomic E-state index is -0.600. The first-order valence-electron chi connectivity index (χ1n) is 14.5.